The van der Waals surface area contributed by atoms with Crippen molar-refractivity contribution in [2.75, 3.05) is 6.54 Å². The molecular formula is C33H31N3O3. The van der Waals surface area contributed by atoms with E-state index in [0.29, 0.717) is 35.1 Å². The quantitative estimate of drug-likeness (QED) is 0.313. The monoisotopic (exact) mass is 517 g/mol. The van der Waals surface area contributed by atoms with E-state index in [4.69, 9.17) is 0 Å². The van der Waals surface area contributed by atoms with E-state index in [1.807, 2.05) is 73.7 Å². The molecule has 5 aromatic rings. The number of hydrogen-bond acceptors (Lipinski definition) is 3. The Morgan fingerprint density at radius 1 is 0.795 bits per heavy atom. The van der Waals surface area contributed by atoms with Gasteiger partial charge in [0, 0.05) is 12.1 Å². The van der Waals surface area contributed by atoms with Gasteiger partial charge >= 0.3 is 5.69 Å². The van der Waals surface area contributed by atoms with E-state index in [-0.39, 0.29) is 12.5 Å². The summed E-state index contributed by atoms with van der Waals surface area (Å²) in [4.78, 5) is 40.5. The number of carbonyl (C=O) groups excluding carboxylic acids is 1. The van der Waals surface area contributed by atoms with Crippen LogP contribution in [0.15, 0.2) is 107 Å². The minimum absolute atomic E-state index is 0.249. The van der Waals surface area contributed by atoms with Gasteiger partial charge in [-0.3, -0.25) is 14.2 Å². The normalized spacial score (nSPS) is 11.0. The largest absolute Gasteiger partial charge is 0.352 e. The Morgan fingerprint density at radius 3 is 2.18 bits per heavy atom. The third kappa shape index (κ3) is 5.60. The molecule has 1 aromatic heterocycles. The molecule has 39 heavy (non-hydrogen) atoms. The number of benzene rings is 4. The summed E-state index contributed by atoms with van der Waals surface area (Å²) in [5.74, 6) is -0.249. The fourth-order valence-corrected chi connectivity index (χ4v) is 4.71. The predicted octanol–water partition coefficient (Wildman–Crippen LogP) is 5.04. The Morgan fingerprint density at radius 2 is 1.49 bits per heavy atom. The van der Waals surface area contributed by atoms with Crippen LogP contribution in [-0.2, 0) is 19.4 Å². The maximum Gasteiger partial charge on any atom is 0.336 e. The van der Waals surface area contributed by atoms with Crippen LogP contribution in [0.25, 0.3) is 16.6 Å². The number of rotatable bonds is 8. The van der Waals surface area contributed by atoms with E-state index in [9.17, 15) is 14.4 Å². The summed E-state index contributed by atoms with van der Waals surface area (Å²) in [6.07, 6.45) is 1.57. The van der Waals surface area contributed by atoms with Crippen LogP contribution in [0.4, 0.5) is 0 Å². The maximum absolute atomic E-state index is 13.9. The maximum atomic E-state index is 13.9. The standard InChI is InChI=1S/C33H31N3O3/c1-3-24-13-16-28(17-14-24)36-32(38)29-18-15-27(31(37)34-20-19-25-7-5-4-6-8-25)21-30(29)35(33(36)39)22-26-11-9-23(2)10-12-26/h4-18,21H,3,19-20,22H2,1-2H3,(H,34,37). The van der Waals surface area contributed by atoms with Crippen molar-refractivity contribution in [3.8, 4) is 5.69 Å². The highest BCUT2D eigenvalue weighted by Gasteiger charge is 2.17. The number of amides is 1. The molecule has 6 heteroatoms. The number of aromatic nitrogens is 2. The van der Waals surface area contributed by atoms with E-state index in [0.717, 1.165) is 28.7 Å². The average molecular weight is 518 g/mol. The fraction of sp³-hybridized carbons (Fsp3) is 0.182. The first-order valence-corrected chi connectivity index (χ1v) is 13.2. The van der Waals surface area contributed by atoms with E-state index < -0.39 is 11.2 Å². The molecule has 0 atom stereocenters. The highest BCUT2D eigenvalue weighted by atomic mass is 16.2. The molecule has 6 nitrogen and oxygen atoms in total. The number of fused-ring (bicyclic) bond motifs is 1. The Bertz CT molecular complexity index is 1730. The lowest BCUT2D eigenvalue weighted by molar-refractivity contribution is 0.0954. The highest BCUT2D eigenvalue weighted by molar-refractivity contribution is 5.97. The molecule has 1 heterocycles. The lowest BCUT2D eigenvalue weighted by atomic mass is 10.1. The topological polar surface area (TPSA) is 73.1 Å². The zero-order valence-electron chi connectivity index (χ0n) is 22.2. The Labute approximate surface area is 227 Å². The van der Waals surface area contributed by atoms with Gasteiger partial charge in [-0.2, -0.15) is 0 Å². The summed E-state index contributed by atoms with van der Waals surface area (Å²) < 4.78 is 2.80. The average Bonchev–Trinajstić information content (AvgIpc) is 2.97. The first-order chi connectivity index (χ1) is 18.9. The van der Waals surface area contributed by atoms with Crippen LogP contribution in [0, 0.1) is 6.92 Å². The molecule has 5 rings (SSSR count). The van der Waals surface area contributed by atoms with Crippen LogP contribution >= 0.6 is 0 Å². The molecule has 0 aliphatic carbocycles. The van der Waals surface area contributed by atoms with Crippen molar-refractivity contribution in [2.24, 2.45) is 0 Å². The molecule has 0 saturated carbocycles. The molecule has 0 unspecified atom stereocenters. The van der Waals surface area contributed by atoms with Gasteiger partial charge in [-0.15, -0.1) is 0 Å². The number of nitrogens with one attached hydrogen (secondary N) is 1. The summed E-state index contributed by atoms with van der Waals surface area (Å²) >= 11 is 0. The number of hydrogen-bond donors (Lipinski definition) is 1. The second-order valence-electron chi connectivity index (χ2n) is 9.74. The molecule has 0 aliphatic rings. The second kappa shape index (κ2) is 11.4. The zero-order valence-corrected chi connectivity index (χ0v) is 22.2. The Balaban J connectivity index is 1.57. The molecule has 4 aromatic carbocycles. The molecule has 0 saturated heterocycles. The van der Waals surface area contributed by atoms with Crippen molar-refractivity contribution in [1.29, 1.82) is 0 Å². The Kier molecular flexibility index (Phi) is 7.55. The van der Waals surface area contributed by atoms with Crippen LogP contribution in [0.1, 0.15) is 39.5 Å². The zero-order chi connectivity index (χ0) is 27.4. The van der Waals surface area contributed by atoms with Crippen molar-refractivity contribution < 1.29 is 4.79 Å². The molecule has 0 aliphatic heterocycles. The number of aryl methyl sites for hydroxylation is 2. The number of carbonyl (C=O) groups is 1. The van der Waals surface area contributed by atoms with Crippen LogP contribution in [0.3, 0.4) is 0 Å². The van der Waals surface area contributed by atoms with E-state index in [1.54, 1.807) is 34.9 Å². The van der Waals surface area contributed by atoms with Crippen molar-refractivity contribution in [2.45, 2.75) is 33.2 Å². The van der Waals surface area contributed by atoms with Crippen LogP contribution in [-0.4, -0.2) is 21.6 Å². The van der Waals surface area contributed by atoms with Gasteiger partial charge in [0.1, 0.15) is 0 Å². The summed E-state index contributed by atoms with van der Waals surface area (Å²) in [6, 6.07) is 30.3. The summed E-state index contributed by atoms with van der Waals surface area (Å²) in [5.41, 5.74) is 4.80. The van der Waals surface area contributed by atoms with Crippen molar-refractivity contribution >= 4 is 16.8 Å². The van der Waals surface area contributed by atoms with E-state index >= 15 is 0 Å². The van der Waals surface area contributed by atoms with Crippen molar-refractivity contribution in [1.82, 2.24) is 14.5 Å². The van der Waals surface area contributed by atoms with Crippen LogP contribution in [0.2, 0.25) is 0 Å². The van der Waals surface area contributed by atoms with E-state index in [2.05, 4.69) is 12.2 Å². The van der Waals surface area contributed by atoms with Crippen LogP contribution < -0.4 is 16.6 Å². The van der Waals surface area contributed by atoms with Gasteiger partial charge in [0.25, 0.3) is 11.5 Å². The number of nitrogens with zero attached hydrogens (tertiary/aromatic N) is 2. The SMILES string of the molecule is CCc1ccc(-n2c(=O)c3ccc(C(=O)NCCc4ccccc4)cc3n(Cc3ccc(C)cc3)c2=O)cc1. The molecule has 0 spiro atoms. The van der Waals surface area contributed by atoms with E-state index in [1.165, 1.54) is 4.57 Å². The Hall–Kier alpha value is -4.71. The summed E-state index contributed by atoms with van der Waals surface area (Å²) in [5, 5.41) is 3.33. The third-order valence-electron chi connectivity index (χ3n) is 7.01. The second-order valence-corrected chi connectivity index (χ2v) is 9.74. The highest BCUT2D eigenvalue weighted by Crippen LogP contribution is 2.16. The minimum atomic E-state index is -0.445. The molecule has 1 N–H and O–H groups in total. The minimum Gasteiger partial charge on any atom is -0.352 e. The van der Waals surface area contributed by atoms with Crippen molar-refractivity contribution in [3.63, 3.8) is 0 Å². The lowest BCUT2D eigenvalue weighted by Gasteiger charge is -2.16. The van der Waals surface area contributed by atoms with Gasteiger partial charge < -0.3 is 5.32 Å². The van der Waals surface area contributed by atoms with Gasteiger partial charge in [-0.25, -0.2) is 9.36 Å². The molecule has 0 radical (unpaired) electrons. The summed E-state index contributed by atoms with van der Waals surface area (Å²) in [7, 11) is 0. The van der Waals surface area contributed by atoms with Gasteiger partial charge in [0.2, 0.25) is 0 Å². The van der Waals surface area contributed by atoms with Gasteiger partial charge in [-0.1, -0.05) is 79.2 Å². The molecule has 1 amide bonds. The van der Waals surface area contributed by atoms with Gasteiger partial charge in [0.15, 0.2) is 0 Å². The first kappa shape index (κ1) is 25.9. The van der Waals surface area contributed by atoms with Crippen molar-refractivity contribution in [3.05, 3.63) is 146 Å². The molecular weight excluding hydrogens is 486 g/mol. The summed E-state index contributed by atoms with van der Waals surface area (Å²) in [6.45, 7) is 4.81. The molecule has 196 valence electrons. The third-order valence-corrected chi connectivity index (χ3v) is 7.01. The van der Waals surface area contributed by atoms with Gasteiger partial charge in [0.05, 0.1) is 23.1 Å². The van der Waals surface area contributed by atoms with Crippen LogP contribution in [0.5, 0.6) is 0 Å². The van der Waals surface area contributed by atoms with Gasteiger partial charge in [-0.05, 0) is 66.8 Å². The lowest BCUT2D eigenvalue weighted by Crippen LogP contribution is -2.39. The fourth-order valence-electron chi connectivity index (χ4n) is 4.71. The predicted molar refractivity (Wildman–Crippen MR) is 156 cm³/mol. The smallest absolute Gasteiger partial charge is 0.336 e. The molecule has 0 fully saturated rings. The first-order valence-electron chi connectivity index (χ1n) is 13.2. The molecule has 0 bridgehead atoms.